The van der Waals surface area contributed by atoms with Gasteiger partial charge >= 0.3 is 0 Å². The van der Waals surface area contributed by atoms with Crippen molar-refractivity contribution < 1.29 is 23.9 Å². The lowest BCUT2D eigenvalue weighted by molar-refractivity contribution is -0.0980. The third-order valence-electron chi connectivity index (χ3n) is 5.51. The summed E-state index contributed by atoms with van der Waals surface area (Å²) in [5.41, 5.74) is 7.84. The summed E-state index contributed by atoms with van der Waals surface area (Å²) in [7, 11) is 3.85. The molecular formula is C32H43N3O5. The summed E-state index contributed by atoms with van der Waals surface area (Å²) in [4.78, 5) is 47.9. The Morgan fingerprint density at radius 2 is 1.68 bits per heavy atom. The molecule has 0 aromatic heterocycles. The minimum absolute atomic E-state index is 0.0436. The minimum atomic E-state index is -0.196. The number of nitrogens with two attached hydrogens (primary N) is 1. The average Bonchev–Trinajstić information content (AvgIpc) is 3.44. The highest BCUT2D eigenvalue weighted by atomic mass is 16.5. The Hall–Kier alpha value is -4.13. The molecule has 2 unspecified atom stereocenters. The molecule has 2 aromatic carbocycles. The maximum atomic E-state index is 12.1. The molecule has 0 amide bonds. The molecule has 1 aliphatic rings. The van der Waals surface area contributed by atoms with Crippen LogP contribution >= 0.6 is 0 Å². The summed E-state index contributed by atoms with van der Waals surface area (Å²) in [6, 6.07) is 16.4. The van der Waals surface area contributed by atoms with Crippen molar-refractivity contribution in [2.24, 2.45) is 10.7 Å². The highest BCUT2D eigenvalue weighted by Crippen LogP contribution is 2.24. The molecule has 8 nitrogen and oxygen atoms in total. The van der Waals surface area contributed by atoms with Crippen LogP contribution in [0.5, 0.6) is 0 Å². The summed E-state index contributed by atoms with van der Waals surface area (Å²) < 4.78 is 5.86. The number of ether oxygens (including phenoxy) is 1. The largest absolute Gasteiger partial charge is 0.384 e. The number of carbonyl (C=O) groups excluding carboxylic acids is 4. The Morgan fingerprint density at radius 1 is 1.05 bits per heavy atom. The monoisotopic (exact) mass is 549 g/mol. The Bertz CT molecular complexity index is 1120. The number of hydrogen-bond donors (Lipinski definition) is 1. The second kappa shape index (κ2) is 21.8. The molecular weight excluding hydrogens is 506 g/mol. The molecule has 0 radical (unpaired) electrons. The lowest BCUT2D eigenvalue weighted by Gasteiger charge is -2.11. The molecule has 0 aliphatic carbocycles. The first-order valence-corrected chi connectivity index (χ1v) is 13.4. The number of rotatable bonds is 10. The zero-order valence-electron chi connectivity index (χ0n) is 24.3. The Balaban J connectivity index is 0.000000759. The number of hydrogen-bond acceptors (Lipinski definition) is 7. The van der Waals surface area contributed by atoms with Crippen LogP contribution in [0, 0.1) is 0 Å². The topological polar surface area (TPSA) is 119 Å². The van der Waals surface area contributed by atoms with E-state index in [1.807, 2.05) is 76.2 Å². The van der Waals surface area contributed by atoms with E-state index in [9.17, 15) is 14.4 Å². The van der Waals surface area contributed by atoms with Crippen LogP contribution in [-0.4, -0.2) is 61.5 Å². The summed E-state index contributed by atoms with van der Waals surface area (Å²) in [6.07, 6.45) is 8.22. The summed E-state index contributed by atoms with van der Waals surface area (Å²) in [6.45, 7) is 7.80. The van der Waals surface area contributed by atoms with E-state index < -0.39 is 0 Å². The van der Waals surface area contributed by atoms with Crippen LogP contribution in [0.15, 0.2) is 71.9 Å². The van der Waals surface area contributed by atoms with Crippen molar-refractivity contribution in [3.8, 4) is 0 Å². The van der Waals surface area contributed by atoms with E-state index in [4.69, 9.17) is 15.3 Å². The second-order valence-corrected chi connectivity index (χ2v) is 8.58. The third kappa shape index (κ3) is 14.1. The van der Waals surface area contributed by atoms with E-state index in [-0.39, 0.29) is 23.9 Å². The first-order chi connectivity index (χ1) is 19.3. The normalized spacial score (nSPS) is 15.7. The maximum absolute atomic E-state index is 12.1. The fraction of sp³-hybridized carbons (Fsp3) is 0.375. The zero-order chi connectivity index (χ0) is 30.3. The molecule has 1 fully saturated rings. The molecule has 40 heavy (non-hydrogen) atoms. The predicted molar refractivity (Wildman–Crippen MR) is 162 cm³/mol. The molecule has 1 heterocycles. The molecule has 2 atom stereocenters. The van der Waals surface area contributed by atoms with Gasteiger partial charge in [-0.3, -0.25) is 9.59 Å². The van der Waals surface area contributed by atoms with Crippen molar-refractivity contribution in [3.05, 3.63) is 83.6 Å². The van der Waals surface area contributed by atoms with Gasteiger partial charge in [-0.2, -0.15) is 0 Å². The van der Waals surface area contributed by atoms with Crippen LogP contribution in [0.1, 0.15) is 79.2 Å². The van der Waals surface area contributed by atoms with Gasteiger partial charge in [0.2, 0.25) is 0 Å². The van der Waals surface area contributed by atoms with Gasteiger partial charge in [0.15, 0.2) is 17.8 Å². The van der Waals surface area contributed by atoms with Crippen LogP contribution < -0.4 is 5.73 Å². The average molecular weight is 550 g/mol. The minimum Gasteiger partial charge on any atom is -0.384 e. The number of aliphatic imine (C=N–C) groups is 1. The number of carbonyl (C=O) groups is 3. The second-order valence-electron chi connectivity index (χ2n) is 8.58. The summed E-state index contributed by atoms with van der Waals surface area (Å²) in [5.74, 6) is 2.34. The van der Waals surface area contributed by atoms with E-state index in [1.54, 1.807) is 43.2 Å². The van der Waals surface area contributed by atoms with Crippen LogP contribution in [0.2, 0.25) is 0 Å². The van der Waals surface area contributed by atoms with Crippen molar-refractivity contribution in [2.75, 3.05) is 14.1 Å². The van der Waals surface area contributed by atoms with Gasteiger partial charge in [0, 0.05) is 50.3 Å². The van der Waals surface area contributed by atoms with Crippen molar-refractivity contribution in [2.45, 2.75) is 65.2 Å². The summed E-state index contributed by atoms with van der Waals surface area (Å²) >= 11 is 0. The number of Topliss-reactive ketones (excluding diaryl/α,β-unsaturated/α-hetero) is 2. The summed E-state index contributed by atoms with van der Waals surface area (Å²) in [5, 5.41) is 0. The maximum Gasteiger partial charge on any atom is 0.163 e. The lowest BCUT2D eigenvalue weighted by Crippen LogP contribution is -2.17. The smallest absolute Gasteiger partial charge is 0.163 e. The number of ketones is 2. The van der Waals surface area contributed by atoms with Gasteiger partial charge in [-0.05, 0) is 30.9 Å². The number of benzene rings is 2. The van der Waals surface area contributed by atoms with Crippen molar-refractivity contribution in [1.29, 1.82) is 0 Å². The predicted octanol–water partition coefficient (Wildman–Crippen LogP) is 5.55. The SMILES string of the molecule is C=O.CC.CCC(=O)c1ccccc1C=C=O.CN(C)/C=C\C(N)=N/C1CCC(CCC(=O)c2ccccc2)O1. The fourth-order valence-electron chi connectivity index (χ4n) is 3.62. The van der Waals surface area contributed by atoms with E-state index >= 15 is 0 Å². The van der Waals surface area contributed by atoms with Crippen molar-refractivity contribution in [3.63, 3.8) is 0 Å². The molecule has 2 aromatic rings. The Labute approximate surface area is 238 Å². The standard InChI is InChI=1S/C18H25N3O2.C11H10O2.C2H6.CH2O/c1-21(2)13-12-17(19)20-18-11-9-15(23-18)8-10-16(22)14-6-4-3-5-7-14;1-2-11(13)10-6-4-3-5-9(10)7-8-12;2*1-2/h3-7,12-13,15,18H,8-11H2,1-2H3,(H2,19,20);3-7H,2H2,1H3;1-2H3;1H2/b13-12-;;;. The number of nitrogens with zero attached hydrogens (tertiary/aromatic N) is 2. The molecule has 0 spiro atoms. The first kappa shape index (κ1) is 35.9. The third-order valence-corrected chi connectivity index (χ3v) is 5.51. The van der Waals surface area contributed by atoms with E-state index in [0.29, 0.717) is 29.8 Å². The molecule has 0 bridgehead atoms. The van der Waals surface area contributed by atoms with Gasteiger partial charge in [0.1, 0.15) is 18.6 Å². The molecule has 3 rings (SSSR count). The van der Waals surface area contributed by atoms with Gasteiger partial charge < -0.3 is 20.2 Å². The van der Waals surface area contributed by atoms with Crippen LogP contribution in [0.3, 0.4) is 0 Å². The Kier molecular flexibility index (Phi) is 19.5. The fourth-order valence-corrected chi connectivity index (χ4v) is 3.62. The van der Waals surface area contributed by atoms with Gasteiger partial charge in [-0.25, -0.2) is 9.79 Å². The van der Waals surface area contributed by atoms with Gasteiger partial charge in [0.25, 0.3) is 0 Å². The van der Waals surface area contributed by atoms with E-state index in [1.165, 1.54) is 6.08 Å². The molecule has 1 aliphatic heterocycles. The Morgan fingerprint density at radius 3 is 2.27 bits per heavy atom. The molecule has 2 N–H and O–H groups in total. The highest BCUT2D eigenvalue weighted by Gasteiger charge is 2.25. The zero-order valence-corrected chi connectivity index (χ0v) is 24.3. The first-order valence-electron chi connectivity index (χ1n) is 13.4. The molecule has 0 saturated carbocycles. The quantitative estimate of drug-likeness (QED) is 0.178. The van der Waals surface area contributed by atoms with Gasteiger partial charge in [-0.1, -0.05) is 75.4 Å². The molecule has 8 heteroatoms. The van der Waals surface area contributed by atoms with Gasteiger partial charge in [-0.15, -0.1) is 0 Å². The molecule has 1 saturated heterocycles. The lowest BCUT2D eigenvalue weighted by atomic mass is 10.0. The van der Waals surface area contributed by atoms with Crippen molar-refractivity contribution in [1.82, 2.24) is 4.90 Å². The van der Waals surface area contributed by atoms with Gasteiger partial charge in [0.05, 0.1) is 6.10 Å². The van der Waals surface area contributed by atoms with E-state index in [0.717, 1.165) is 24.8 Å². The van der Waals surface area contributed by atoms with Crippen LogP contribution in [-0.2, 0) is 14.3 Å². The number of amidine groups is 1. The molecule has 216 valence electrons. The highest BCUT2D eigenvalue weighted by molar-refractivity contribution is 6.00. The van der Waals surface area contributed by atoms with Crippen LogP contribution in [0.25, 0.3) is 6.08 Å². The van der Waals surface area contributed by atoms with E-state index in [2.05, 4.69) is 4.99 Å². The van der Waals surface area contributed by atoms with Crippen LogP contribution in [0.4, 0.5) is 0 Å². The van der Waals surface area contributed by atoms with Crippen molar-refractivity contribution >= 4 is 36.2 Å².